The van der Waals surface area contributed by atoms with Crippen LogP contribution in [-0.2, 0) is 6.42 Å². The first-order chi connectivity index (χ1) is 13.8. The van der Waals surface area contributed by atoms with E-state index in [4.69, 9.17) is 26.1 Å². The monoisotopic (exact) mass is 410 g/mol. The molecule has 140 valence electrons. The van der Waals surface area contributed by atoms with Crippen LogP contribution < -0.4 is 14.8 Å². The molecule has 0 atom stereocenters. The number of rotatable bonds is 5. The first kappa shape index (κ1) is 17.2. The molecule has 1 aromatic carbocycles. The zero-order valence-electron chi connectivity index (χ0n) is 14.7. The predicted octanol–water partition coefficient (Wildman–Crippen LogP) is 4.79. The van der Waals surface area contributed by atoms with Crippen LogP contribution in [0.25, 0.3) is 21.7 Å². The van der Waals surface area contributed by atoms with Gasteiger partial charge in [-0.25, -0.2) is 9.97 Å². The van der Waals surface area contributed by atoms with Crippen molar-refractivity contribution in [3.63, 3.8) is 0 Å². The molecular formula is C20H15ClN4O2S. The third-order valence-corrected chi connectivity index (χ3v) is 5.56. The fourth-order valence-corrected chi connectivity index (χ4v) is 4.15. The Bertz CT molecular complexity index is 1150. The van der Waals surface area contributed by atoms with Crippen LogP contribution in [0.5, 0.6) is 11.5 Å². The van der Waals surface area contributed by atoms with Crippen molar-refractivity contribution in [1.82, 2.24) is 15.0 Å². The minimum Gasteiger partial charge on any atom is -0.454 e. The largest absolute Gasteiger partial charge is 0.454 e. The summed E-state index contributed by atoms with van der Waals surface area (Å²) in [5, 5.41) is 4.34. The third-order valence-electron chi connectivity index (χ3n) is 4.40. The Balaban J connectivity index is 1.40. The summed E-state index contributed by atoms with van der Waals surface area (Å²) in [5.41, 5.74) is 1.89. The van der Waals surface area contributed by atoms with E-state index in [2.05, 4.69) is 15.3 Å². The van der Waals surface area contributed by atoms with E-state index >= 15 is 0 Å². The lowest BCUT2D eigenvalue weighted by Gasteiger charge is -2.09. The first-order valence-electron chi connectivity index (χ1n) is 8.77. The quantitative estimate of drug-likeness (QED) is 0.510. The maximum atomic E-state index is 6.22. The van der Waals surface area contributed by atoms with Crippen LogP contribution in [0.4, 0.5) is 5.82 Å². The van der Waals surface area contributed by atoms with Gasteiger partial charge in [-0.05, 0) is 42.3 Å². The Morgan fingerprint density at radius 1 is 1.07 bits per heavy atom. The van der Waals surface area contributed by atoms with Gasteiger partial charge in [-0.3, -0.25) is 4.98 Å². The van der Waals surface area contributed by atoms with E-state index in [1.165, 1.54) is 11.3 Å². The Kier molecular flexibility index (Phi) is 4.46. The Morgan fingerprint density at radius 3 is 2.89 bits per heavy atom. The standard InChI is InChI=1S/C20H15ClN4O2S/c21-17-10-13-18(23-8-6-12-4-5-15-16(9-12)27-11-26-15)24-19(25-20(13)28-17)14-3-1-2-7-22-14/h1-5,7,9-10H,6,8,11H2,(H,23,24,25). The molecule has 0 spiro atoms. The molecule has 0 radical (unpaired) electrons. The van der Waals surface area contributed by atoms with Crippen LogP contribution in [-0.4, -0.2) is 28.3 Å². The number of benzene rings is 1. The minimum atomic E-state index is 0.283. The second-order valence-corrected chi connectivity index (χ2v) is 7.91. The van der Waals surface area contributed by atoms with Crippen LogP contribution >= 0.6 is 22.9 Å². The average Bonchev–Trinajstić information content (AvgIpc) is 3.33. The van der Waals surface area contributed by atoms with Crippen molar-refractivity contribution in [3.05, 3.63) is 58.6 Å². The van der Waals surface area contributed by atoms with Gasteiger partial charge in [-0.2, -0.15) is 0 Å². The molecule has 0 amide bonds. The molecule has 0 saturated heterocycles. The summed E-state index contributed by atoms with van der Waals surface area (Å²) in [5.74, 6) is 2.93. The van der Waals surface area contributed by atoms with Gasteiger partial charge in [-0.15, -0.1) is 11.3 Å². The molecule has 0 aliphatic carbocycles. The van der Waals surface area contributed by atoms with Crippen molar-refractivity contribution in [2.45, 2.75) is 6.42 Å². The van der Waals surface area contributed by atoms with Crippen LogP contribution in [0, 0.1) is 0 Å². The van der Waals surface area contributed by atoms with E-state index in [9.17, 15) is 0 Å². The van der Waals surface area contributed by atoms with Crippen molar-refractivity contribution >= 4 is 39.0 Å². The van der Waals surface area contributed by atoms with Crippen molar-refractivity contribution in [2.24, 2.45) is 0 Å². The third kappa shape index (κ3) is 3.34. The number of nitrogens with one attached hydrogen (secondary N) is 1. The normalized spacial score (nSPS) is 12.5. The number of hydrogen-bond donors (Lipinski definition) is 1. The molecule has 5 rings (SSSR count). The fraction of sp³-hybridized carbons (Fsp3) is 0.150. The molecule has 4 heterocycles. The van der Waals surface area contributed by atoms with Gasteiger partial charge in [0.1, 0.15) is 16.3 Å². The predicted molar refractivity (Wildman–Crippen MR) is 110 cm³/mol. The maximum absolute atomic E-state index is 6.22. The highest BCUT2D eigenvalue weighted by atomic mass is 35.5. The van der Waals surface area contributed by atoms with Gasteiger partial charge in [0, 0.05) is 12.7 Å². The topological polar surface area (TPSA) is 69.2 Å². The second-order valence-electron chi connectivity index (χ2n) is 6.24. The first-order valence-corrected chi connectivity index (χ1v) is 9.96. The van der Waals surface area contributed by atoms with E-state index in [-0.39, 0.29) is 6.79 Å². The zero-order valence-corrected chi connectivity index (χ0v) is 16.3. The Hall–Kier alpha value is -2.90. The van der Waals surface area contributed by atoms with Gasteiger partial charge in [0.25, 0.3) is 0 Å². The lowest BCUT2D eigenvalue weighted by molar-refractivity contribution is 0.174. The summed E-state index contributed by atoms with van der Waals surface area (Å²) < 4.78 is 11.5. The van der Waals surface area contributed by atoms with E-state index in [1.54, 1.807) is 6.20 Å². The fourth-order valence-electron chi connectivity index (χ4n) is 3.06. The molecule has 0 bridgehead atoms. The van der Waals surface area contributed by atoms with Crippen molar-refractivity contribution in [1.29, 1.82) is 0 Å². The highest BCUT2D eigenvalue weighted by Gasteiger charge is 2.15. The van der Waals surface area contributed by atoms with Gasteiger partial charge in [0.15, 0.2) is 17.3 Å². The molecule has 0 unspecified atom stereocenters. The second kappa shape index (κ2) is 7.26. The molecule has 0 fully saturated rings. The summed E-state index contributed by atoms with van der Waals surface area (Å²) >= 11 is 7.65. The molecule has 28 heavy (non-hydrogen) atoms. The number of aromatic nitrogens is 3. The number of thiophene rings is 1. The van der Waals surface area contributed by atoms with Gasteiger partial charge in [-0.1, -0.05) is 23.7 Å². The summed E-state index contributed by atoms with van der Waals surface area (Å²) in [6, 6.07) is 13.6. The lowest BCUT2D eigenvalue weighted by atomic mass is 10.1. The number of hydrogen-bond acceptors (Lipinski definition) is 7. The summed E-state index contributed by atoms with van der Waals surface area (Å²) in [7, 11) is 0. The highest BCUT2D eigenvalue weighted by Crippen LogP contribution is 2.34. The van der Waals surface area contributed by atoms with Crippen LogP contribution in [0.15, 0.2) is 48.7 Å². The summed E-state index contributed by atoms with van der Waals surface area (Å²) in [4.78, 5) is 14.5. The molecule has 0 saturated carbocycles. The zero-order chi connectivity index (χ0) is 18.9. The number of fused-ring (bicyclic) bond motifs is 2. The molecule has 3 aromatic heterocycles. The van der Waals surface area contributed by atoms with Crippen LogP contribution in [0.3, 0.4) is 0 Å². The molecule has 1 N–H and O–H groups in total. The van der Waals surface area contributed by atoms with Crippen LogP contribution in [0.2, 0.25) is 4.34 Å². The van der Waals surface area contributed by atoms with Crippen molar-refractivity contribution in [3.8, 4) is 23.0 Å². The Morgan fingerprint density at radius 2 is 2.00 bits per heavy atom. The number of anilines is 1. The number of nitrogens with zero attached hydrogens (tertiary/aromatic N) is 3. The van der Waals surface area contributed by atoms with Gasteiger partial charge in [0.2, 0.25) is 6.79 Å². The summed E-state index contributed by atoms with van der Waals surface area (Å²) in [6.45, 7) is 0.992. The number of ether oxygens (including phenoxy) is 2. The number of pyridine rings is 1. The SMILES string of the molecule is Clc1cc2c(NCCc3ccc4c(c3)OCO4)nc(-c3ccccn3)nc2s1. The number of halogens is 1. The molecule has 1 aliphatic rings. The molecule has 8 heteroatoms. The lowest BCUT2D eigenvalue weighted by Crippen LogP contribution is -2.08. The highest BCUT2D eigenvalue weighted by molar-refractivity contribution is 7.22. The molecule has 6 nitrogen and oxygen atoms in total. The molecule has 4 aromatic rings. The average molecular weight is 411 g/mol. The molecular weight excluding hydrogens is 396 g/mol. The van der Waals surface area contributed by atoms with Gasteiger partial charge in [0.05, 0.1) is 9.72 Å². The molecule has 1 aliphatic heterocycles. The van der Waals surface area contributed by atoms with Gasteiger partial charge < -0.3 is 14.8 Å². The van der Waals surface area contributed by atoms with Crippen molar-refractivity contribution < 1.29 is 9.47 Å². The van der Waals surface area contributed by atoms with Crippen molar-refractivity contribution in [2.75, 3.05) is 18.7 Å². The Labute approximate surface area is 170 Å². The van der Waals surface area contributed by atoms with E-state index < -0.39 is 0 Å². The van der Waals surface area contributed by atoms with E-state index in [0.717, 1.165) is 45.2 Å². The minimum absolute atomic E-state index is 0.283. The van der Waals surface area contributed by atoms with E-state index in [1.807, 2.05) is 42.5 Å². The summed E-state index contributed by atoms with van der Waals surface area (Å²) in [6.07, 6.45) is 2.55. The maximum Gasteiger partial charge on any atom is 0.231 e. The van der Waals surface area contributed by atoms with Crippen LogP contribution in [0.1, 0.15) is 5.56 Å². The van der Waals surface area contributed by atoms with E-state index in [0.29, 0.717) is 16.7 Å². The van der Waals surface area contributed by atoms with Gasteiger partial charge >= 0.3 is 0 Å². The smallest absolute Gasteiger partial charge is 0.231 e.